The van der Waals surface area contributed by atoms with Gasteiger partial charge in [-0.15, -0.1) is 0 Å². The maximum Gasteiger partial charge on any atom is 0.231 e. The van der Waals surface area contributed by atoms with Crippen LogP contribution in [0.5, 0.6) is 0 Å². The smallest absolute Gasteiger partial charge is 0.231 e. The molecule has 0 fully saturated rings. The van der Waals surface area contributed by atoms with Crippen LogP contribution < -0.4 is 9.80 Å². The summed E-state index contributed by atoms with van der Waals surface area (Å²) >= 11 is 0. The molecule has 0 radical (unpaired) electrons. The highest BCUT2D eigenvalue weighted by molar-refractivity contribution is 6.06. The summed E-state index contributed by atoms with van der Waals surface area (Å²) in [5.41, 5.74) is 4.17. The molecule has 2 aliphatic heterocycles. The van der Waals surface area contributed by atoms with Gasteiger partial charge in [-0.1, -0.05) is 13.8 Å². The van der Waals surface area contributed by atoms with Gasteiger partial charge in [0.15, 0.2) is 0 Å². The summed E-state index contributed by atoms with van der Waals surface area (Å²) in [5, 5.41) is 0. The van der Waals surface area contributed by atoms with E-state index in [2.05, 4.69) is 26.0 Å². The van der Waals surface area contributed by atoms with Crippen molar-refractivity contribution in [2.24, 2.45) is 0 Å². The molecule has 0 N–H and O–H groups in total. The number of fused-ring (bicyclic) bond motifs is 2. The van der Waals surface area contributed by atoms with Crippen LogP contribution in [0.4, 0.5) is 11.4 Å². The van der Waals surface area contributed by atoms with E-state index in [1.165, 1.54) is 0 Å². The summed E-state index contributed by atoms with van der Waals surface area (Å²) in [6.07, 6.45) is 2.83. The zero-order valence-corrected chi connectivity index (χ0v) is 12.1. The van der Waals surface area contributed by atoms with Gasteiger partial charge in [0.1, 0.15) is 0 Å². The van der Waals surface area contributed by atoms with E-state index in [0.29, 0.717) is 12.8 Å². The summed E-state index contributed by atoms with van der Waals surface area (Å²) in [7, 11) is 0. The van der Waals surface area contributed by atoms with Gasteiger partial charge in [-0.3, -0.25) is 9.59 Å². The normalized spacial score (nSPS) is 16.9. The fourth-order valence-corrected chi connectivity index (χ4v) is 3.17. The summed E-state index contributed by atoms with van der Waals surface area (Å²) in [6, 6.07) is 4.11. The number of anilines is 2. The Hall–Kier alpha value is -1.84. The number of carbonyl (C=O) groups is 2. The van der Waals surface area contributed by atoms with E-state index >= 15 is 0 Å². The molecule has 4 heteroatoms. The number of carbonyl (C=O) groups excluding carboxylic acids is 2. The average Bonchev–Trinajstić information content (AvgIpc) is 2.87. The molecule has 2 amide bonds. The van der Waals surface area contributed by atoms with Crippen molar-refractivity contribution in [2.45, 2.75) is 39.5 Å². The molecule has 0 spiro atoms. The van der Waals surface area contributed by atoms with E-state index in [9.17, 15) is 9.59 Å². The Morgan fingerprint density at radius 2 is 1.25 bits per heavy atom. The summed E-state index contributed by atoms with van der Waals surface area (Å²) in [4.78, 5) is 27.9. The second-order valence-corrected chi connectivity index (χ2v) is 5.55. The Balaban J connectivity index is 2.01. The number of hydrogen-bond donors (Lipinski definition) is 0. The Labute approximate surface area is 119 Å². The zero-order valence-electron chi connectivity index (χ0n) is 12.1. The molecular formula is C16H20N2O2. The largest absolute Gasteiger partial charge is 0.312 e. The van der Waals surface area contributed by atoms with Crippen LogP contribution in [0.2, 0.25) is 0 Å². The highest BCUT2D eigenvalue weighted by Gasteiger charge is 2.33. The SMILES string of the molecule is CCCN1C(=O)Cc2cc3c(cc21)CC(=O)N3CCC. The first-order chi connectivity index (χ1) is 9.65. The third-order valence-electron chi connectivity index (χ3n) is 4.04. The van der Waals surface area contributed by atoms with Crippen molar-refractivity contribution in [1.29, 1.82) is 0 Å². The van der Waals surface area contributed by atoms with E-state index in [4.69, 9.17) is 0 Å². The van der Waals surface area contributed by atoms with Crippen molar-refractivity contribution in [3.8, 4) is 0 Å². The van der Waals surface area contributed by atoms with Gasteiger partial charge in [-0.05, 0) is 36.1 Å². The third-order valence-corrected chi connectivity index (χ3v) is 4.04. The maximum atomic E-state index is 12.1. The van der Waals surface area contributed by atoms with Crippen LogP contribution in [-0.2, 0) is 22.4 Å². The van der Waals surface area contributed by atoms with E-state index in [1.807, 2.05) is 9.80 Å². The Morgan fingerprint density at radius 3 is 1.60 bits per heavy atom. The fourth-order valence-electron chi connectivity index (χ4n) is 3.17. The van der Waals surface area contributed by atoms with Gasteiger partial charge in [0.25, 0.3) is 0 Å². The van der Waals surface area contributed by atoms with Crippen molar-refractivity contribution in [3.05, 3.63) is 23.3 Å². The molecule has 0 unspecified atom stereocenters. The van der Waals surface area contributed by atoms with Crippen LogP contribution in [-0.4, -0.2) is 24.9 Å². The molecular weight excluding hydrogens is 252 g/mol. The molecule has 1 aromatic rings. The number of benzene rings is 1. The molecule has 0 saturated carbocycles. The van der Waals surface area contributed by atoms with Crippen molar-refractivity contribution < 1.29 is 9.59 Å². The lowest BCUT2D eigenvalue weighted by molar-refractivity contribution is -0.118. The molecule has 0 saturated heterocycles. The van der Waals surface area contributed by atoms with Crippen LogP contribution in [0.1, 0.15) is 37.8 Å². The Morgan fingerprint density at radius 1 is 0.850 bits per heavy atom. The fraction of sp³-hybridized carbons (Fsp3) is 0.500. The summed E-state index contributed by atoms with van der Waals surface area (Å²) in [6.45, 7) is 5.67. The lowest BCUT2D eigenvalue weighted by Gasteiger charge is -2.19. The predicted octanol–water partition coefficient (Wildman–Crippen LogP) is 2.28. The van der Waals surface area contributed by atoms with Crippen molar-refractivity contribution in [2.75, 3.05) is 22.9 Å². The second kappa shape index (κ2) is 4.93. The predicted molar refractivity (Wildman–Crippen MR) is 79.1 cm³/mol. The van der Waals surface area contributed by atoms with Crippen LogP contribution >= 0.6 is 0 Å². The highest BCUT2D eigenvalue weighted by atomic mass is 16.2. The molecule has 2 aliphatic rings. The molecule has 2 heterocycles. The van der Waals surface area contributed by atoms with E-state index < -0.39 is 0 Å². The lowest BCUT2D eigenvalue weighted by Crippen LogP contribution is -2.27. The summed E-state index contributed by atoms with van der Waals surface area (Å²) < 4.78 is 0. The minimum Gasteiger partial charge on any atom is -0.312 e. The molecule has 3 rings (SSSR count). The third kappa shape index (κ3) is 1.90. The van der Waals surface area contributed by atoms with Gasteiger partial charge in [0.05, 0.1) is 12.8 Å². The molecule has 0 aromatic heterocycles. The first-order valence-corrected chi connectivity index (χ1v) is 7.42. The molecule has 0 atom stereocenters. The first kappa shape index (κ1) is 13.2. The molecule has 106 valence electrons. The van der Waals surface area contributed by atoms with Crippen LogP contribution in [0.3, 0.4) is 0 Å². The van der Waals surface area contributed by atoms with Gasteiger partial charge in [0, 0.05) is 24.5 Å². The number of nitrogens with zero attached hydrogens (tertiary/aromatic N) is 2. The van der Waals surface area contributed by atoms with E-state index in [-0.39, 0.29) is 11.8 Å². The van der Waals surface area contributed by atoms with Crippen molar-refractivity contribution >= 4 is 23.2 Å². The molecule has 0 aliphatic carbocycles. The molecule has 1 aromatic carbocycles. The minimum absolute atomic E-state index is 0.180. The van der Waals surface area contributed by atoms with Crippen LogP contribution in [0, 0.1) is 0 Å². The quantitative estimate of drug-likeness (QED) is 0.843. The molecule has 0 bridgehead atoms. The minimum atomic E-state index is 0.180. The summed E-state index contributed by atoms with van der Waals surface area (Å²) in [5.74, 6) is 0.359. The molecule has 20 heavy (non-hydrogen) atoms. The monoisotopic (exact) mass is 272 g/mol. The van der Waals surface area contributed by atoms with Crippen LogP contribution in [0.25, 0.3) is 0 Å². The number of amides is 2. The van der Waals surface area contributed by atoms with Crippen molar-refractivity contribution in [1.82, 2.24) is 0 Å². The Kier molecular flexibility index (Phi) is 3.24. The highest BCUT2D eigenvalue weighted by Crippen LogP contribution is 2.38. The lowest BCUT2D eigenvalue weighted by atomic mass is 10.1. The van der Waals surface area contributed by atoms with E-state index in [1.54, 1.807) is 0 Å². The van der Waals surface area contributed by atoms with Gasteiger partial charge in [-0.2, -0.15) is 0 Å². The molecule has 4 nitrogen and oxygen atoms in total. The zero-order chi connectivity index (χ0) is 14.3. The van der Waals surface area contributed by atoms with Crippen molar-refractivity contribution in [3.63, 3.8) is 0 Å². The Bertz CT molecular complexity index is 528. The van der Waals surface area contributed by atoms with Gasteiger partial charge < -0.3 is 9.80 Å². The second-order valence-electron chi connectivity index (χ2n) is 5.55. The van der Waals surface area contributed by atoms with Gasteiger partial charge in [-0.25, -0.2) is 0 Å². The topological polar surface area (TPSA) is 40.6 Å². The van der Waals surface area contributed by atoms with Gasteiger partial charge in [0.2, 0.25) is 11.8 Å². The van der Waals surface area contributed by atoms with Gasteiger partial charge >= 0.3 is 0 Å². The maximum absolute atomic E-state index is 12.1. The average molecular weight is 272 g/mol. The standard InChI is InChI=1S/C16H20N2O2/c1-3-5-17-13-7-12-10-16(20)18(6-4-2)14(12)8-11(13)9-15(17)19/h7-8H,3-6,9-10H2,1-2H3. The van der Waals surface area contributed by atoms with Crippen LogP contribution in [0.15, 0.2) is 12.1 Å². The number of rotatable bonds is 4. The van der Waals surface area contributed by atoms with E-state index in [0.717, 1.165) is 48.4 Å². The first-order valence-electron chi connectivity index (χ1n) is 7.42. The number of hydrogen-bond acceptors (Lipinski definition) is 2.